The Bertz CT molecular complexity index is 465. The van der Waals surface area contributed by atoms with Crippen molar-refractivity contribution in [2.45, 2.75) is 6.54 Å². The second kappa shape index (κ2) is 5.17. The summed E-state index contributed by atoms with van der Waals surface area (Å²) in [5, 5.41) is 10.5. The van der Waals surface area contributed by atoms with Gasteiger partial charge in [-0.2, -0.15) is 0 Å². The molecular formula is C9H10N2O5. The number of hydrogen-bond acceptors (Lipinski definition) is 5. The van der Waals surface area contributed by atoms with E-state index < -0.39 is 10.5 Å². The predicted octanol–water partition coefficient (Wildman–Crippen LogP) is -0.0280. The zero-order chi connectivity index (χ0) is 12.1. The van der Waals surface area contributed by atoms with Gasteiger partial charge in [0.1, 0.15) is 6.61 Å². The number of nitro groups is 1. The Morgan fingerprint density at radius 2 is 2.25 bits per heavy atom. The van der Waals surface area contributed by atoms with Crippen molar-refractivity contribution in [1.29, 1.82) is 0 Å². The minimum absolute atomic E-state index is 0.130. The molecule has 0 aliphatic carbocycles. The Labute approximate surface area is 90.4 Å². The van der Waals surface area contributed by atoms with Crippen LogP contribution < -0.4 is 5.56 Å². The standard InChI is InChI=1S/C9H10N2O5/c1-16-6-8(12)5-10-4-7(11(14)15)2-3-9(10)13/h2-4H,5-6H2,1H3. The first-order valence-electron chi connectivity index (χ1n) is 4.40. The number of rotatable bonds is 5. The highest BCUT2D eigenvalue weighted by Gasteiger charge is 2.10. The second-order valence-electron chi connectivity index (χ2n) is 3.08. The van der Waals surface area contributed by atoms with E-state index >= 15 is 0 Å². The van der Waals surface area contributed by atoms with E-state index in [2.05, 4.69) is 4.74 Å². The third-order valence-electron chi connectivity index (χ3n) is 1.83. The summed E-state index contributed by atoms with van der Waals surface area (Å²) in [7, 11) is 1.36. The maximum absolute atomic E-state index is 11.3. The molecule has 1 rings (SSSR count). The molecule has 0 aliphatic rings. The van der Waals surface area contributed by atoms with Gasteiger partial charge >= 0.3 is 0 Å². The van der Waals surface area contributed by atoms with E-state index in [4.69, 9.17) is 0 Å². The van der Waals surface area contributed by atoms with Crippen LogP contribution in [0.5, 0.6) is 0 Å². The smallest absolute Gasteiger partial charge is 0.285 e. The SMILES string of the molecule is COCC(=O)Cn1cc([N+](=O)[O-])ccc1=O. The summed E-state index contributed by atoms with van der Waals surface area (Å²) in [5.74, 6) is -0.329. The van der Waals surface area contributed by atoms with Crippen molar-refractivity contribution in [1.82, 2.24) is 4.57 Å². The van der Waals surface area contributed by atoms with Crippen LogP contribution in [0.15, 0.2) is 23.1 Å². The number of ether oxygens (including phenoxy) is 1. The highest BCUT2D eigenvalue weighted by molar-refractivity contribution is 5.79. The molecule has 0 amide bonds. The average Bonchev–Trinajstić information content (AvgIpc) is 2.21. The fraction of sp³-hybridized carbons (Fsp3) is 0.333. The van der Waals surface area contributed by atoms with Crippen LogP contribution in [0.2, 0.25) is 0 Å². The van der Waals surface area contributed by atoms with Crippen LogP contribution in [0.4, 0.5) is 5.69 Å². The topological polar surface area (TPSA) is 91.4 Å². The molecule has 0 aromatic carbocycles. The number of methoxy groups -OCH3 is 1. The molecule has 1 aromatic rings. The summed E-state index contributed by atoms with van der Waals surface area (Å²) in [6, 6.07) is 2.15. The fourth-order valence-electron chi connectivity index (χ4n) is 1.15. The van der Waals surface area contributed by atoms with E-state index in [1.807, 2.05) is 0 Å². The molecule has 0 aliphatic heterocycles. The van der Waals surface area contributed by atoms with Crippen molar-refractivity contribution in [2.75, 3.05) is 13.7 Å². The number of carbonyl (C=O) groups excluding carboxylic acids is 1. The first-order valence-corrected chi connectivity index (χ1v) is 4.40. The van der Waals surface area contributed by atoms with E-state index in [1.165, 1.54) is 7.11 Å². The first-order chi connectivity index (χ1) is 7.54. The number of pyridine rings is 1. The van der Waals surface area contributed by atoms with Crippen molar-refractivity contribution in [3.8, 4) is 0 Å². The van der Waals surface area contributed by atoms with Crippen LogP contribution in [0.1, 0.15) is 0 Å². The van der Waals surface area contributed by atoms with Crippen LogP contribution in [-0.4, -0.2) is 29.0 Å². The van der Waals surface area contributed by atoms with Crippen molar-refractivity contribution in [3.05, 3.63) is 38.8 Å². The molecular weight excluding hydrogens is 216 g/mol. The third-order valence-corrected chi connectivity index (χ3v) is 1.83. The average molecular weight is 226 g/mol. The summed E-state index contributed by atoms with van der Waals surface area (Å²) in [6.07, 6.45) is 1.04. The van der Waals surface area contributed by atoms with Crippen LogP contribution in [0, 0.1) is 10.1 Å². The molecule has 1 heterocycles. The molecule has 0 N–H and O–H groups in total. The molecule has 0 radical (unpaired) electrons. The Morgan fingerprint density at radius 3 is 2.81 bits per heavy atom. The summed E-state index contributed by atoms with van der Waals surface area (Å²) >= 11 is 0. The third kappa shape index (κ3) is 2.99. The van der Waals surface area contributed by atoms with Gasteiger partial charge in [-0.1, -0.05) is 0 Å². The zero-order valence-electron chi connectivity index (χ0n) is 8.58. The number of carbonyl (C=O) groups is 1. The van der Waals surface area contributed by atoms with Crippen LogP contribution >= 0.6 is 0 Å². The van der Waals surface area contributed by atoms with Crippen LogP contribution in [-0.2, 0) is 16.1 Å². The summed E-state index contributed by atoms with van der Waals surface area (Å²) < 4.78 is 5.58. The van der Waals surface area contributed by atoms with Gasteiger partial charge in [0.25, 0.3) is 11.2 Å². The number of ketones is 1. The van der Waals surface area contributed by atoms with Gasteiger partial charge in [-0.25, -0.2) is 0 Å². The quantitative estimate of drug-likeness (QED) is 0.519. The molecule has 0 saturated carbocycles. The number of aromatic nitrogens is 1. The Hall–Kier alpha value is -2.02. The summed E-state index contributed by atoms with van der Waals surface area (Å²) in [5.41, 5.74) is -0.695. The molecule has 86 valence electrons. The minimum Gasteiger partial charge on any atom is -0.377 e. The predicted molar refractivity (Wildman–Crippen MR) is 54.2 cm³/mol. The lowest BCUT2D eigenvalue weighted by Crippen LogP contribution is -2.25. The lowest BCUT2D eigenvalue weighted by atomic mass is 10.3. The molecule has 0 atom stereocenters. The first kappa shape index (κ1) is 12.1. The van der Waals surface area contributed by atoms with Crippen molar-refractivity contribution in [3.63, 3.8) is 0 Å². The normalized spacial score (nSPS) is 10.1. The van der Waals surface area contributed by atoms with Gasteiger partial charge in [-0.05, 0) is 0 Å². The molecule has 0 saturated heterocycles. The van der Waals surface area contributed by atoms with Crippen molar-refractivity contribution in [2.24, 2.45) is 0 Å². The fourth-order valence-corrected chi connectivity index (χ4v) is 1.15. The summed E-state index contributed by atoms with van der Waals surface area (Å²) in [6.45, 7) is -0.358. The molecule has 7 heteroatoms. The maximum atomic E-state index is 11.3. The van der Waals surface area contributed by atoms with Gasteiger partial charge in [0.2, 0.25) is 0 Å². The van der Waals surface area contributed by atoms with E-state index in [1.54, 1.807) is 0 Å². The second-order valence-corrected chi connectivity index (χ2v) is 3.08. The largest absolute Gasteiger partial charge is 0.377 e. The lowest BCUT2D eigenvalue weighted by molar-refractivity contribution is -0.385. The van der Waals surface area contributed by atoms with Gasteiger partial charge < -0.3 is 9.30 Å². The number of hydrogen-bond donors (Lipinski definition) is 0. The molecule has 16 heavy (non-hydrogen) atoms. The molecule has 0 spiro atoms. The monoisotopic (exact) mass is 226 g/mol. The van der Waals surface area contributed by atoms with E-state index in [0.717, 1.165) is 22.9 Å². The van der Waals surface area contributed by atoms with Gasteiger partial charge in [0, 0.05) is 19.2 Å². The molecule has 7 nitrogen and oxygen atoms in total. The van der Waals surface area contributed by atoms with E-state index in [0.29, 0.717) is 0 Å². The Kier molecular flexibility index (Phi) is 3.90. The molecule has 1 aromatic heterocycles. The molecule has 0 fully saturated rings. The maximum Gasteiger partial charge on any atom is 0.285 e. The highest BCUT2D eigenvalue weighted by Crippen LogP contribution is 2.06. The zero-order valence-corrected chi connectivity index (χ0v) is 8.58. The summed E-state index contributed by atoms with van der Waals surface area (Å²) in [4.78, 5) is 32.3. The van der Waals surface area contributed by atoms with Gasteiger partial charge in [-0.3, -0.25) is 19.7 Å². The molecule has 0 bridgehead atoms. The Balaban J connectivity index is 2.94. The van der Waals surface area contributed by atoms with Gasteiger partial charge in [-0.15, -0.1) is 0 Å². The minimum atomic E-state index is -0.628. The number of nitrogens with zero attached hydrogens (tertiary/aromatic N) is 2. The van der Waals surface area contributed by atoms with Crippen molar-refractivity contribution < 1.29 is 14.5 Å². The van der Waals surface area contributed by atoms with E-state index in [9.17, 15) is 19.7 Å². The van der Waals surface area contributed by atoms with Gasteiger partial charge in [0.05, 0.1) is 17.7 Å². The van der Waals surface area contributed by atoms with Crippen LogP contribution in [0.3, 0.4) is 0 Å². The number of Topliss-reactive ketones (excluding diaryl/α,β-unsaturated/α-hetero) is 1. The van der Waals surface area contributed by atoms with Crippen LogP contribution in [0.25, 0.3) is 0 Å². The highest BCUT2D eigenvalue weighted by atomic mass is 16.6. The Morgan fingerprint density at radius 1 is 1.56 bits per heavy atom. The van der Waals surface area contributed by atoms with Gasteiger partial charge in [0.15, 0.2) is 5.78 Å². The van der Waals surface area contributed by atoms with E-state index in [-0.39, 0.29) is 24.6 Å². The molecule has 0 unspecified atom stereocenters. The lowest BCUT2D eigenvalue weighted by Gasteiger charge is -2.03. The van der Waals surface area contributed by atoms with Crippen molar-refractivity contribution >= 4 is 11.5 Å².